The zero-order valence-electron chi connectivity index (χ0n) is 47.7. The molecule has 0 saturated heterocycles. The van der Waals surface area contributed by atoms with E-state index in [1.807, 2.05) is 0 Å². The fourth-order valence-corrected chi connectivity index (χ4v) is 11.9. The van der Waals surface area contributed by atoms with E-state index < -0.39 is 8.07 Å². The van der Waals surface area contributed by atoms with Crippen LogP contribution in [0.5, 0.6) is 0 Å². The topological polar surface area (TPSA) is 57.4 Å². The lowest BCUT2D eigenvalue weighted by atomic mass is 9.78. The number of benzene rings is 3. The Balaban J connectivity index is 1.53. The molecule has 2 N–H and O–H groups in total. The van der Waals surface area contributed by atoms with Crippen LogP contribution in [0.15, 0.2) is 84.1 Å². The average molecular weight is 972 g/mol. The summed E-state index contributed by atoms with van der Waals surface area (Å²) in [5.41, 5.74) is 24.7. The van der Waals surface area contributed by atoms with Crippen LogP contribution in [0.3, 0.4) is 0 Å². The average Bonchev–Trinajstić information content (AvgIpc) is 4.10. The normalized spacial score (nSPS) is 14.6. The molecule has 3 aromatic heterocycles. The largest absolute Gasteiger partial charge is 0.354 e. The molecular formula is C67H82N4Si. The molecule has 0 amide bonds. The summed E-state index contributed by atoms with van der Waals surface area (Å²) in [7, 11) is -1.88. The Labute approximate surface area is 433 Å². The van der Waals surface area contributed by atoms with Crippen molar-refractivity contribution in [2.24, 2.45) is 0 Å². The molecular weight excluding hydrogens is 889 g/mol. The van der Waals surface area contributed by atoms with E-state index in [1.165, 1.54) is 49.7 Å². The van der Waals surface area contributed by atoms with Crippen molar-refractivity contribution in [3.05, 3.63) is 146 Å². The predicted octanol–water partition coefficient (Wildman–Crippen LogP) is 19.1. The number of nitrogens with one attached hydrogen (secondary N) is 2. The Morgan fingerprint density at radius 3 is 0.986 bits per heavy atom. The van der Waals surface area contributed by atoms with Crippen LogP contribution in [-0.4, -0.2) is 28.0 Å². The van der Waals surface area contributed by atoms with Gasteiger partial charge in [-0.25, -0.2) is 9.97 Å². The molecule has 5 heteroatoms. The third-order valence-electron chi connectivity index (χ3n) is 15.2. The first-order valence-electron chi connectivity index (χ1n) is 26.5. The number of rotatable bonds is 4. The van der Waals surface area contributed by atoms with Crippen molar-refractivity contribution in [1.29, 1.82) is 0 Å². The highest BCUT2D eigenvalue weighted by Gasteiger charge is 2.34. The molecule has 374 valence electrons. The molecule has 1 aliphatic carbocycles. The predicted molar refractivity (Wildman–Crippen MR) is 318 cm³/mol. The molecule has 0 radical (unpaired) electrons. The molecule has 6 aromatic rings. The van der Waals surface area contributed by atoms with E-state index >= 15 is 0 Å². The van der Waals surface area contributed by atoms with Gasteiger partial charge in [-0.15, -0.1) is 0 Å². The summed E-state index contributed by atoms with van der Waals surface area (Å²) < 4.78 is 0. The highest BCUT2D eigenvalue weighted by molar-refractivity contribution is 6.86. The first-order valence-corrected chi connectivity index (χ1v) is 30.0. The molecule has 0 unspecified atom stereocenters. The van der Waals surface area contributed by atoms with Gasteiger partial charge in [-0.1, -0.05) is 205 Å². The van der Waals surface area contributed by atoms with Gasteiger partial charge in [0.15, 0.2) is 0 Å². The van der Waals surface area contributed by atoms with Gasteiger partial charge in [0.25, 0.3) is 0 Å². The quantitative estimate of drug-likeness (QED) is 0.173. The SMILES string of the molecule is CC(C)(C)c1cc(-c2c3nc(c(-c4cc(C(C)(C)C)cc(C(C)(C)C)c4)c4ccc([nH]4)c(-c4cc(C(C)(C)C)cc(C(C)(C)C)c4)c4nc5c(c6ccc2[nH]6)C=C([Si](C)(C)C)C5=C4)C=C3)cc(C(C)(C)C)c1. The van der Waals surface area contributed by atoms with Gasteiger partial charge in [0.1, 0.15) is 0 Å². The molecule has 4 nitrogen and oxygen atoms in total. The number of aromatic nitrogens is 4. The van der Waals surface area contributed by atoms with Crippen molar-refractivity contribution in [1.82, 2.24) is 19.9 Å². The van der Waals surface area contributed by atoms with E-state index in [0.29, 0.717) is 0 Å². The number of hydrogen-bond acceptors (Lipinski definition) is 2. The summed E-state index contributed by atoms with van der Waals surface area (Å²) in [6, 6.07) is 30.9. The highest BCUT2D eigenvalue weighted by Crippen LogP contribution is 2.48. The van der Waals surface area contributed by atoms with Gasteiger partial charge >= 0.3 is 0 Å². The third kappa shape index (κ3) is 9.63. The first-order chi connectivity index (χ1) is 33.1. The van der Waals surface area contributed by atoms with Crippen molar-refractivity contribution in [2.45, 2.75) is 177 Å². The number of allylic oxidation sites excluding steroid dienone is 2. The van der Waals surface area contributed by atoms with Crippen LogP contribution in [-0.2, 0) is 32.5 Å². The van der Waals surface area contributed by atoms with Gasteiger partial charge in [-0.2, -0.15) is 0 Å². The Bertz CT molecular complexity index is 3380. The van der Waals surface area contributed by atoms with Crippen molar-refractivity contribution >= 4 is 60.0 Å². The van der Waals surface area contributed by atoms with E-state index in [9.17, 15) is 0 Å². The van der Waals surface area contributed by atoms with Gasteiger partial charge in [0.05, 0.1) is 30.8 Å². The van der Waals surface area contributed by atoms with Crippen LogP contribution >= 0.6 is 0 Å². The second-order valence-corrected chi connectivity index (χ2v) is 33.5. The molecule has 8 bridgehead atoms. The van der Waals surface area contributed by atoms with Crippen LogP contribution in [0.1, 0.15) is 186 Å². The summed E-state index contributed by atoms with van der Waals surface area (Å²) in [5, 5.41) is 1.43. The van der Waals surface area contributed by atoms with Crippen molar-refractivity contribution < 1.29 is 0 Å². The van der Waals surface area contributed by atoms with Gasteiger partial charge in [0, 0.05) is 49.9 Å². The monoisotopic (exact) mass is 971 g/mol. The second-order valence-electron chi connectivity index (χ2n) is 28.4. The fraction of sp³-hybridized carbons (Fsp3) is 0.403. The van der Waals surface area contributed by atoms with E-state index in [0.717, 1.165) is 78.2 Å². The van der Waals surface area contributed by atoms with Gasteiger partial charge < -0.3 is 9.97 Å². The van der Waals surface area contributed by atoms with Gasteiger partial charge in [0.2, 0.25) is 0 Å². The maximum Gasteiger partial charge on any atom is 0.0802 e. The molecule has 2 aliphatic heterocycles. The van der Waals surface area contributed by atoms with Crippen molar-refractivity contribution in [3.63, 3.8) is 0 Å². The van der Waals surface area contributed by atoms with Crippen LogP contribution < -0.4 is 0 Å². The van der Waals surface area contributed by atoms with Crippen molar-refractivity contribution in [2.75, 3.05) is 0 Å². The zero-order chi connectivity index (χ0) is 52.6. The molecule has 0 saturated carbocycles. The standard InChI is InChI=1S/C67H82N4Si/c1-62(2,3)42-28-39(29-43(34-42)63(4,5)6)58-51-23-22-50(68-51)48-38-57(72(19,20)21)49-37-56(71-61(48)49)60(41-32-46(66(13,14)15)36-47(33-41)67(16,17)18)55-27-26-54(70-55)59(53-25-24-52(58)69-53)40-30-44(64(7,8)9)35-45(31-40)65(10,11)12/h22-38,68,70H,1-21H3. The van der Waals surface area contributed by atoms with E-state index in [1.54, 1.807) is 0 Å². The fourth-order valence-electron chi connectivity index (χ4n) is 10.3. The van der Waals surface area contributed by atoms with Gasteiger partial charge in [-0.3, -0.25) is 0 Å². The molecule has 9 rings (SSSR count). The molecule has 72 heavy (non-hydrogen) atoms. The van der Waals surface area contributed by atoms with E-state index in [-0.39, 0.29) is 32.5 Å². The summed E-state index contributed by atoms with van der Waals surface area (Å²) in [4.78, 5) is 19.8. The Morgan fingerprint density at radius 1 is 0.361 bits per heavy atom. The number of aromatic amines is 2. The minimum atomic E-state index is -1.88. The van der Waals surface area contributed by atoms with Crippen LogP contribution in [0.4, 0.5) is 0 Å². The minimum Gasteiger partial charge on any atom is -0.354 e. The van der Waals surface area contributed by atoms with Crippen LogP contribution in [0.25, 0.3) is 85.3 Å². The van der Waals surface area contributed by atoms with Crippen LogP contribution in [0, 0.1) is 0 Å². The molecule has 0 fully saturated rings. The summed E-state index contributed by atoms with van der Waals surface area (Å²) >= 11 is 0. The summed E-state index contributed by atoms with van der Waals surface area (Å²) in [6.07, 6.45) is 9.37. The lowest BCUT2D eigenvalue weighted by Gasteiger charge is -2.26. The number of nitrogens with zero attached hydrogens (tertiary/aromatic N) is 2. The van der Waals surface area contributed by atoms with E-state index in [4.69, 9.17) is 9.97 Å². The smallest absolute Gasteiger partial charge is 0.0802 e. The number of fused-ring (bicyclic) bond motifs is 8. The van der Waals surface area contributed by atoms with Gasteiger partial charge in [-0.05, 0) is 130 Å². The number of hydrogen-bond donors (Lipinski definition) is 2. The minimum absolute atomic E-state index is 0.0664. The first kappa shape index (κ1) is 51.1. The highest BCUT2D eigenvalue weighted by atomic mass is 28.3. The Morgan fingerprint density at radius 2 is 0.667 bits per heavy atom. The molecule has 3 aliphatic rings. The maximum atomic E-state index is 5.81. The summed E-state index contributed by atoms with van der Waals surface area (Å²) in [6.45, 7) is 49.2. The lowest BCUT2D eigenvalue weighted by Crippen LogP contribution is -2.23. The summed E-state index contributed by atoms with van der Waals surface area (Å²) in [5.74, 6) is 0. The number of H-pyrrole nitrogens is 2. The Hall–Kier alpha value is -5.78. The lowest BCUT2D eigenvalue weighted by molar-refractivity contribution is 0.568. The maximum absolute atomic E-state index is 5.81. The third-order valence-corrected chi connectivity index (χ3v) is 17.2. The van der Waals surface area contributed by atoms with Crippen LogP contribution in [0.2, 0.25) is 19.6 Å². The second kappa shape index (κ2) is 16.9. The van der Waals surface area contributed by atoms with E-state index in [2.05, 4.69) is 257 Å². The molecule has 0 spiro atoms. The molecule has 0 atom stereocenters. The zero-order valence-corrected chi connectivity index (χ0v) is 48.7. The molecule has 3 aromatic carbocycles. The molecule has 5 heterocycles. The van der Waals surface area contributed by atoms with Crippen molar-refractivity contribution in [3.8, 4) is 33.4 Å². The Kier molecular flexibility index (Phi) is 12.0.